The second kappa shape index (κ2) is 10.0. The van der Waals surface area contributed by atoms with E-state index in [0.29, 0.717) is 37.0 Å². The average molecular weight is 419 g/mol. The zero-order valence-electron chi connectivity index (χ0n) is 17.0. The summed E-state index contributed by atoms with van der Waals surface area (Å²) in [6.07, 6.45) is 0. The fourth-order valence-electron chi connectivity index (χ4n) is 2.89. The summed E-state index contributed by atoms with van der Waals surface area (Å²) in [4.78, 5) is 6.42. The summed E-state index contributed by atoms with van der Waals surface area (Å²) < 4.78 is 45.2. The number of hydrogen-bond donors (Lipinski definition) is 0. The van der Waals surface area contributed by atoms with E-state index >= 15 is 0 Å². The van der Waals surface area contributed by atoms with E-state index in [9.17, 15) is 8.78 Å². The maximum absolute atomic E-state index is 12.5. The molecule has 0 aliphatic heterocycles. The average Bonchev–Trinajstić information content (AvgIpc) is 3.18. The fraction of sp³-hybridized carbons (Fsp3) is 0.333. The van der Waals surface area contributed by atoms with Gasteiger partial charge in [0.25, 0.3) is 0 Å². The summed E-state index contributed by atoms with van der Waals surface area (Å²) in [6.45, 7) is 0.781. The van der Waals surface area contributed by atoms with Crippen LogP contribution in [0.15, 0.2) is 47.0 Å². The first-order chi connectivity index (χ1) is 14.5. The van der Waals surface area contributed by atoms with Gasteiger partial charge < -0.3 is 18.7 Å². The van der Waals surface area contributed by atoms with E-state index in [1.54, 1.807) is 6.07 Å². The third-order valence-corrected chi connectivity index (χ3v) is 4.20. The van der Waals surface area contributed by atoms with Gasteiger partial charge in [-0.25, -0.2) is 0 Å². The van der Waals surface area contributed by atoms with E-state index in [1.165, 1.54) is 19.2 Å². The monoisotopic (exact) mass is 419 g/mol. The lowest BCUT2D eigenvalue weighted by molar-refractivity contribution is -0.0512. The van der Waals surface area contributed by atoms with Crippen molar-refractivity contribution in [3.05, 3.63) is 53.9 Å². The van der Waals surface area contributed by atoms with Crippen LogP contribution in [0.25, 0.3) is 11.4 Å². The van der Waals surface area contributed by atoms with E-state index in [4.69, 9.17) is 14.0 Å². The van der Waals surface area contributed by atoms with E-state index in [1.807, 2.05) is 43.1 Å². The van der Waals surface area contributed by atoms with Crippen LogP contribution in [0.4, 0.5) is 8.78 Å². The molecule has 0 amide bonds. The Morgan fingerprint density at radius 1 is 1.07 bits per heavy atom. The van der Waals surface area contributed by atoms with Crippen LogP contribution in [0.2, 0.25) is 0 Å². The van der Waals surface area contributed by atoms with Crippen LogP contribution in [0, 0.1) is 0 Å². The van der Waals surface area contributed by atoms with Crippen molar-refractivity contribution in [3.8, 4) is 28.6 Å². The zero-order chi connectivity index (χ0) is 21.5. The van der Waals surface area contributed by atoms with Gasteiger partial charge in [-0.05, 0) is 49.9 Å². The Hall–Kier alpha value is -3.20. The van der Waals surface area contributed by atoms with Crippen molar-refractivity contribution in [2.45, 2.75) is 26.6 Å². The van der Waals surface area contributed by atoms with Gasteiger partial charge in [0.2, 0.25) is 11.7 Å². The molecule has 0 N–H and O–H groups in total. The van der Waals surface area contributed by atoms with Crippen molar-refractivity contribution in [1.82, 2.24) is 15.0 Å². The molecule has 7 nitrogen and oxygen atoms in total. The summed E-state index contributed by atoms with van der Waals surface area (Å²) >= 11 is 0. The highest BCUT2D eigenvalue weighted by molar-refractivity contribution is 5.60. The molecule has 30 heavy (non-hydrogen) atoms. The smallest absolute Gasteiger partial charge is 0.387 e. The van der Waals surface area contributed by atoms with Crippen LogP contribution in [-0.2, 0) is 13.1 Å². The van der Waals surface area contributed by atoms with Crippen LogP contribution in [0.5, 0.6) is 17.2 Å². The van der Waals surface area contributed by atoms with Crippen molar-refractivity contribution in [1.29, 1.82) is 0 Å². The predicted octanol–water partition coefficient (Wildman–Crippen LogP) is 4.38. The molecule has 9 heteroatoms. The molecule has 0 atom stereocenters. The van der Waals surface area contributed by atoms with Gasteiger partial charge in [-0.15, -0.1) is 0 Å². The molecule has 0 fully saturated rings. The van der Waals surface area contributed by atoms with E-state index in [0.717, 1.165) is 11.3 Å². The molecule has 2 aromatic carbocycles. The summed E-state index contributed by atoms with van der Waals surface area (Å²) in [6, 6.07) is 12.4. The highest BCUT2D eigenvalue weighted by Crippen LogP contribution is 2.32. The highest BCUT2D eigenvalue weighted by atomic mass is 19.3. The second-order valence-electron chi connectivity index (χ2n) is 6.51. The molecule has 160 valence electrons. The van der Waals surface area contributed by atoms with Gasteiger partial charge in [0, 0.05) is 12.1 Å². The van der Waals surface area contributed by atoms with Gasteiger partial charge in [0.15, 0.2) is 11.5 Å². The van der Waals surface area contributed by atoms with Crippen LogP contribution < -0.4 is 14.2 Å². The van der Waals surface area contributed by atoms with Crippen LogP contribution in [-0.4, -0.2) is 42.4 Å². The van der Waals surface area contributed by atoms with E-state index < -0.39 is 6.61 Å². The summed E-state index contributed by atoms with van der Waals surface area (Å²) in [5.74, 6) is 1.71. The Morgan fingerprint density at radius 2 is 1.83 bits per heavy atom. The van der Waals surface area contributed by atoms with Crippen LogP contribution >= 0.6 is 0 Å². The molecule has 0 aliphatic carbocycles. The molecular formula is C21H23F2N3O4. The number of hydrogen-bond acceptors (Lipinski definition) is 7. The summed E-state index contributed by atoms with van der Waals surface area (Å²) in [5.41, 5.74) is 1.69. The Kier molecular flexibility index (Phi) is 7.18. The first kappa shape index (κ1) is 21.5. The van der Waals surface area contributed by atoms with Crippen molar-refractivity contribution >= 4 is 0 Å². The van der Waals surface area contributed by atoms with Crippen LogP contribution in [0.3, 0.4) is 0 Å². The third-order valence-electron chi connectivity index (χ3n) is 4.20. The second-order valence-corrected chi connectivity index (χ2v) is 6.51. The van der Waals surface area contributed by atoms with E-state index in [-0.39, 0.29) is 11.5 Å². The summed E-state index contributed by atoms with van der Waals surface area (Å²) in [7, 11) is 3.31. The maximum atomic E-state index is 12.5. The molecule has 1 heterocycles. The van der Waals surface area contributed by atoms with Crippen LogP contribution in [0.1, 0.15) is 18.4 Å². The topological polar surface area (TPSA) is 69.9 Å². The van der Waals surface area contributed by atoms with Gasteiger partial charge >= 0.3 is 6.61 Å². The van der Waals surface area contributed by atoms with Gasteiger partial charge in [-0.1, -0.05) is 17.3 Å². The minimum atomic E-state index is -2.94. The predicted molar refractivity (Wildman–Crippen MR) is 106 cm³/mol. The molecule has 0 saturated heterocycles. The maximum Gasteiger partial charge on any atom is 0.387 e. The highest BCUT2D eigenvalue weighted by Gasteiger charge is 2.15. The van der Waals surface area contributed by atoms with Gasteiger partial charge in [-0.3, -0.25) is 4.90 Å². The molecule has 0 saturated carbocycles. The number of alkyl halides is 2. The molecule has 0 spiro atoms. The number of aromatic nitrogens is 2. The minimum Gasteiger partial charge on any atom is -0.494 e. The standard InChI is InChI=1S/C21H23F2N3O4/c1-4-28-16-8-5-14(6-9-16)12-26(2)13-19-24-20(25-30-19)15-7-10-17(29-21(22)23)18(11-15)27-3/h5-11,21H,4,12-13H2,1-3H3. The van der Waals surface area contributed by atoms with E-state index in [2.05, 4.69) is 14.9 Å². The molecule has 0 aliphatic rings. The minimum absolute atomic E-state index is 0.0601. The van der Waals surface area contributed by atoms with Gasteiger partial charge in [0.05, 0.1) is 20.3 Å². The fourth-order valence-corrected chi connectivity index (χ4v) is 2.89. The van der Waals surface area contributed by atoms with Crippen molar-refractivity contribution < 1.29 is 27.5 Å². The number of rotatable bonds is 10. The Labute approximate surface area is 173 Å². The molecule has 3 aromatic rings. The molecule has 1 aromatic heterocycles. The lowest BCUT2D eigenvalue weighted by Gasteiger charge is -2.14. The number of halogens is 2. The molecule has 0 bridgehead atoms. The van der Waals surface area contributed by atoms with Crippen molar-refractivity contribution in [3.63, 3.8) is 0 Å². The Bertz CT molecular complexity index is 948. The molecule has 3 rings (SSSR count). The van der Waals surface area contributed by atoms with Gasteiger partial charge in [0.1, 0.15) is 5.75 Å². The number of methoxy groups -OCH3 is 1. The Morgan fingerprint density at radius 3 is 2.50 bits per heavy atom. The zero-order valence-corrected chi connectivity index (χ0v) is 17.0. The molecular weight excluding hydrogens is 396 g/mol. The first-order valence-electron chi connectivity index (χ1n) is 9.34. The first-order valence-corrected chi connectivity index (χ1v) is 9.34. The number of benzene rings is 2. The lowest BCUT2D eigenvalue weighted by atomic mass is 10.2. The number of nitrogens with zero attached hydrogens (tertiary/aromatic N) is 3. The third kappa shape index (κ3) is 5.66. The SMILES string of the molecule is CCOc1ccc(CN(C)Cc2nc(-c3ccc(OC(F)F)c(OC)c3)no2)cc1. The quantitative estimate of drug-likeness (QED) is 0.483. The normalized spacial score (nSPS) is 11.2. The van der Waals surface area contributed by atoms with Crippen molar-refractivity contribution in [2.24, 2.45) is 0 Å². The van der Waals surface area contributed by atoms with Gasteiger partial charge in [-0.2, -0.15) is 13.8 Å². The lowest BCUT2D eigenvalue weighted by Crippen LogP contribution is -2.17. The number of ether oxygens (including phenoxy) is 3. The van der Waals surface area contributed by atoms with Crippen molar-refractivity contribution in [2.75, 3.05) is 20.8 Å². The molecule has 0 radical (unpaired) electrons. The summed E-state index contributed by atoms with van der Waals surface area (Å²) in [5, 5.41) is 3.97. The largest absolute Gasteiger partial charge is 0.494 e. The Balaban J connectivity index is 1.64. The molecule has 0 unspecified atom stereocenters.